The first-order chi connectivity index (χ1) is 2.89. The van der Waals surface area contributed by atoms with Crippen molar-refractivity contribution in [2.75, 3.05) is 0 Å². The third kappa shape index (κ3) is 0.765. The molecule has 0 unspecified atom stereocenters. The second-order valence-corrected chi connectivity index (χ2v) is 2.39. The molecule has 1 aliphatic heterocycles. The second kappa shape index (κ2) is 1.68. The lowest BCUT2D eigenvalue weighted by atomic mass is 9.69. The Morgan fingerprint density at radius 3 is 2.67 bits per heavy atom. The van der Waals surface area contributed by atoms with Crippen molar-refractivity contribution in [3.05, 3.63) is 0 Å². The van der Waals surface area contributed by atoms with E-state index in [9.17, 15) is 0 Å². The van der Waals surface area contributed by atoms with E-state index < -0.39 is 0 Å². The van der Waals surface area contributed by atoms with E-state index in [1.54, 1.807) is 0 Å². The van der Waals surface area contributed by atoms with Crippen molar-refractivity contribution in [1.82, 2.24) is 0 Å². The lowest BCUT2D eigenvalue weighted by Crippen LogP contribution is -1.83. The van der Waals surface area contributed by atoms with Gasteiger partial charge in [0.15, 0.2) is 0 Å². The molecule has 0 aromatic rings. The molecule has 34 valence electrons. The van der Waals surface area contributed by atoms with Gasteiger partial charge in [-0.25, -0.2) is 0 Å². The predicted molar refractivity (Wildman–Crippen MR) is 30.6 cm³/mol. The van der Waals surface area contributed by atoms with Gasteiger partial charge in [-0.15, -0.1) is 0 Å². The average molecular weight is 82.0 g/mol. The topological polar surface area (TPSA) is 0 Å². The van der Waals surface area contributed by atoms with Gasteiger partial charge in [0.2, 0.25) is 0 Å². The Morgan fingerprint density at radius 2 is 2.50 bits per heavy atom. The second-order valence-electron chi connectivity index (χ2n) is 2.39. The summed E-state index contributed by atoms with van der Waals surface area (Å²) in [5.74, 6) is 1.05. The van der Waals surface area contributed by atoms with Crippen molar-refractivity contribution in [3.8, 4) is 0 Å². The van der Waals surface area contributed by atoms with Gasteiger partial charge in [-0.05, 0) is 0 Å². The number of hydrogen-bond acceptors (Lipinski definition) is 0. The highest BCUT2D eigenvalue weighted by atomic mass is 14.0. The summed E-state index contributed by atoms with van der Waals surface area (Å²) < 4.78 is 0. The van der Waals surface area contributed by atoms with Crippen molar-refractivity contribution in [2.45, 2.75) is 31.9 Å². The van der Waals surface area contributed by atoms with Crippen LogP contribution in [0.5, 0.6) is 0 Å². The van der Waals surface area contributed by atoms with Crippen LogP contribution in [-0.2, 0) is 0 Å². The van der Waals surface area contributed by atoms with Crippen molar-refractivity contribution in [3.63, 3.8) is 0 Å². The van der Waals surface area contributed by atoms with Crippen molar-refractivity contribution in [1.29, 1.82) is 0 Å². The summed E-state index contributed by atoms with van der Waals surface area (Å²) in [7, 11) is 1.49. The van der Waals surface area contributed by atoms with Gasteiger partial charge in [-0.3, -0.25) is 0 Å². The highest BCUT2D eigenvalue weighted by molar-refractivity contribution is 6.38. The summed E-state index contributed by atoms with van der Waals surface area (Å²) in [6.07, 6.45) is 4.46. The minimum Gasteiger partial charge on any atom is -0.0772 e. The smallest absolute Gasteiger partial charge is 0.0772 e. The number of rotatable bonds is 0. The zero-order chi connectivity index (χ0) is 4.41. The third-order valence-electron chi connectivity index (χ3n) is 1.64. The van der Waals surface area contributed by atoms with Gasteiger partial charge in [0, 0.05) is 0 Å². The van der Waals surface area contributed by atoms with Crippen molar-refractivity contribution in [2.24, 2.45) is 0 Å². The van der Waals surface area contributed by atoms with Crippen LogP contribution in [0.2, 0.25) is 12.1 Å². The Hall–Kier alpha value is 0.0649. The fourth-order valence-corrected chi connectivity index (χ4v) is 1.13. The van der Waals surface area contributed by atoms with Crippen LogP contribution < -0.4 is 0 Å². The molecule has 1 aliphatic rings. The molecule has 1 fully saturated rings. The van der Waals surface area contributed by atoms with Crippen LogP contribution in [0, 0.1) is 0 Å². The monoisotopic (exact) mass is 82.1 g/mol. The normalized spacial score (nSPS) is 33.2. The molecule has 1 rings (SSSR count). The predicted octanol–water partition coefficient (Wildman–Crippen LogP) is 1.44. The highest BCUT2D eigenvalue weighted by Crippen LogP contribution is 2.21. The SMILES string of the molecule is C[C@@H]1BCCC1. The molecule has 0 aliphatic carbocycles. The van der Waals surface area contributed by atoms with Gasteiger partial charge >= 0.3 is 0 Å². The highest BCUT2D eigenvalue weighted by Gasteiger charge is 2.09. The van der Waals surface area contributed by atoms with E-state index in [4.69, 9.17) is 0 Å². The maximum atomic E-state index is 2.34. The summed E-state index contributed by atoms with van der Waals surface area (Å²) in [6.45, 7) is 2.34. The van der Waals surface area contributed by atoms with Crippen molar-refractivity contribution >= 4 is 7.28 Å². The van der Waals surface area contributed by atoms with E-state index in [0.29, 0.717) is 0 Å². The van der Waals surface area contributed by atoms with E-state index in [2.05, 4.69) is 6.92 Å². The molecule has 0 aromatic carbocycles. The van der Waals surface area contributed by atoms with Crippen LogP contribution in [0.4, 0.5) is 0 Å². The molecule has 0 saturated carbocycles. The maximum Gasteiger partial charge on any atom is 0.123 e. The van der Waals surface area contributed by atoms with Crippen molar-refractivity contribution < 1.29 is 0 Å². The van der Waals surface area contributed by atoms with Gasteiger partial charge in [0.25, 0.3) is 0 Å². The minimum atomic E-state index is 1.05. The quantitative estimate of drug-likeness (QED) is 0.388. The zero-order valence-corrected chi connectivity index (χ0v) is 4.41. The summed E-state index contributed by atoms with van der Waals surface area (Å²) in [5, 5.41) is 0. The first-order valence-electron chi connectivity index (χ1n) is 2.89. The molecule has 1 saturated heterocycles. The largest absolute Gasteiger partial charge is 0.123 e. The summed E-state index contributed by atoms with van der Waals surface area (Å²) in [6, 6.07) is 0. The fourth-order valence-electron chi connectivity index (χ4n) is 1.13. The Balaban J connectivity index is 2.18. The van der Waals surface area contributed by atoms with E-state index in [-0.39, 0.29) is 0 Å². The molecule has 0 radical (unpaired) electrons. The maximum absolute atomic E-state index is 2.34. The van der Waals surface area contributed by atoms with Crippen LogP contribution in [-0.4, -0.2) is 7.28 Å². The lowest BCUT2D eigenvalue weighted by molar-refractivity contribution is 0.821. The molecule has 0 spiro atoms. The van der Waals surface area contributed by atoms with E-state index in [1.165, 1.54) is 26.4 Å². The van der Waals surface area contributed by atoms with E-state index in [0.717, 1.165) is 5.82 Å². The van der Waals surface area contributed by atoms with E-state index >= 15 is 0 Å². The van der Waals surface area contributed by atoms with E-state index in [1.807, 2.05) is 0 Å². The Labute approximate surface area is 40.2 Å². The number of hydrogen-bond donors (Lipinski definition) is 0. The minimum absolute atomic E-state index is 1.05. The molecule has 0 bridgehead atoms. The Kier molecular flexibility index (Phi) is 1.18. The first kappa shape index (κ1) is 4.23. The zero-order valence-electron chi connectivity index (χ0n) is 4.41. The van der Waals surface area contributed by atoms with Crippen LogP contribution >= 0.6 is 0 Å². The van der Waals surface area contributed by atoms with Gasteiger partial charge < -0.3 is 0 Å². The van der Waals surface area contributed by atoms with Crippen LogP contribution in [0.3, 0.4) is 0 Å². The first-order valence-corrected chi connectivity index (χ1v) is 2.89. The van der Waals surface area contributed by atoms with Gasteiger partial charge in [-0.2, -0.15) is 0 Å². The molecular formula is C5H11B. The van der Waals surface area contributed by atoms with Gasteiger partial charge in [-0.1, -0.05) is 31.9 Å². The standard InChI is InChI=1S/C5H11B/c1-5-3-2-4-6-5/h5-6H,2-4H2,1H3/t5-/m0/s1. The van der Waals surface area contributed by atoms with Gasteiger partial charge in [0.05, 0.1) is 0 Å². The van der Waals surface area contributed by atoms with Crippen LogP contribution in [0.25, 0.3) is 0 Å². The Morgan fingerprint density at radius 1 is 1.67 bits per heavy atom. The molecular weight excluding hydrogens is 70.9 g/mol. The van der Waals surface area contributed by atoms with Crippen LogP contribution in [0.1, 0.15) is 19.8 Å². The molecule has 1 atom stereocenters. The fraction of sp³-hybridized carbons (Fsp3) is 1.00. The lowest BCUT2D eigenvalue weighted by Gasteiger charge is -1.89. The molecule has 0 nitrogen and oxygen atoms in total. The molecule has 1 heteroatoms. The molecule has 1 heterocycles. The summed E-state index contributed by atoms with van der Waals surface area (Å²) >= 11 is 0. The van der Waals surface area contributed by atoms with Gasteiger partial charge in [0.1, 0.15) is 7.28 Å². The molecule has 6 heavy (non-hydrogen) atoms. The molecule has 0 N–H and O–H groups in total. The van der Waals surface area contributed by atoms with Crippen LogP contribution in [0.15, 0.2) is 0 Å². The average Bonchev–Trinajstić information content (AvgIpc) is 1.86. The Bertz CT molecular complexity index is 37.2. The third-order valence-corrected chi connectivity index (χ3v) is 1.64. The summed E-state index contributed by atoms with van der Waals surface area (Å²) in [5.41, 5.74) is 0. The molecule has 0 amide bonds. The molecule has 0 aromatic heterocycles. The summed E-state index contributed by atoms with van der Waals surface area (Å²) in [4.78, 5) is 0.